The first-order valence-electron chi connectivity index (χ1n) is 4.88. The van der Waals surface area contributed by atoms with Gasteiger partial charge in [-0.1, -0.05) is 12.1 Å². The number of alkyl halides is 3. The Morgan fingerprint density at radius 1 is 1.31 bits per heavy atom. The number of hydrogen-bond acceptors (Lipinski definition) is 2. The van der Waals surface area contributed by atoms with Crippen LogP contribution in [0.5, 0.6) is 0 Å². The van der Waals surface area contributed by atoms with E-state index in [0.717, 1.165) is 12.1 Å². The minimum Gasteiger partial charge on any atom is -0.323 e. The number of rotatable bonds is 3. The molecule has 5 heteroatoms. The average molecular weight is 232 g/mol. The first kappa shape index (κ1) is 13.0. The van der Waals surface area contributed by atoms with Crippen molar-refractivity contribution >= 4 is 0 Å². The Labute approximate surface area is 92.9 Å². The maximum Gasteiger partial charge on any atom is 0.416 e. The van der Waals surface area contributed by atoms with E-state index < -0.39 is 17.8 Å². The zero-order valence-corrected chi connectivity index (χ0v) is 9.25. The van der Waals surface area contributed by atoms with Gasteiger partial charge < -0.3 is 10.6 Å². The Morgan fingerprint density at radius 3 is 2.44 bits per heavy atom. The monoisotopic (exact) mass is 232 g/mol. The number of likely N-dealkylation sites (N-methyl/N-ethyl adjacent to an activating group) is 1. The van der Waals surface area contributed by atoms with Crippen LogP contribution in [0.25, 0.3) is 0 Å². The molecule has 0 heterocycles. The van der Waals surface area contributed by atoms with E-state index >= 15 is 0 Å². The molecule has 0 spiro atoms. The summed E-state index contributed by atoms with van der Waals surface area (Å²) in [5.74, 6) is 0. The molecule has 1 aromatic carbocycles. The van der Waals surface area contributed by atoms with E-state index in [-0.39, 0.29) is 0 Å². The molecule has 0 unspecified atom stereocenters. The number of benzene rings is 1. The molecule has 1 rings (SSSR count). The molecular weight excluding hydrogens is 217 g/mol. The summed E-state index contributed by atoms with van der Waals surface area (Å²) in [7, 11) is 3.65. The van der Waals surface area contributed by atoms with Gasteiger partial charge >= 0.3 is 6.18 Å². The van der Waals surface area contributed by atoms with Crippen molar-refractivity contribution in [2.75, 3.05) is 20.6 Å². The summed E-state index contributed by atoms with van der Waals surface area (Å²) in [6, 6.07) is 4.74. The lowest BCUT2D eigenvalue weighted by molar-refractivity contribution is -0.137. The summed E-state index contributed by atoms with van der Waals surface area (Å²) in [4.78, 5) is 1.84. The van der Waals surface area contributed by atoms with E-state index in [0.29, 0.717) is 12.1 Å². The van der Waals surface area contributed by atoms with Gasteiger partial charge in [0.2, 0.25) is 0 Å². The van der Waals surface area contributed by atoms with Gasteiger partial charge in [-0.05, 0) is 31.8 Å². The molecule has 0 aliphatic rings. The van der Waals surface area contributed by atoms with E-state index in [2.05, 4.69) is 0 Å². The third-order valence-electron chi connectivity index (χ3n) is 2.20. The maximum absolute atomic E-state index is 12.4. The van der Waals surface area contributed by atoms with Crippen LogP contribution in [0.15, 0.2) is 24.3 Å². The lowest BCUT2D eigenvalue weighted by Gasteiger charge is -2.18. The van der Waals surface area contributed by atoms with Crippen LogP contribution in [0, 0.1) is 0 Å². The molecule has 2 N–H and O–H groups in total. The van der Waals surface area contributed by atoms with Gasteiger partial charge in [0.05, 0.1) is 5.56 Å². The molecule has 0 radical (unpaired) electrons. The highest BCUT2D eigenvalue weighted by atomic mass is 19.4. The number of hydrogen-bond donors (Lipinski definition) is 1. The Hall–Kier alpha value is -1.07. The molecule has 0 saturated carbocycles. The second-order valence-electron chi connectivity index (χ2n) is 3.99. The minimum atomic E-state index is -4.31. The Balaban J connectivity index is 2.90. The predicted molar refractivity (Wildman–Crippen MR) is 56.9 cm³/mol. The molecule has 0 bridgehead atoms. The summed E-state index contributed by atoms with van der Waals surface area (Å²) < 4.78 is 37.3. The number of nitrogens with zero attached hydrogens (tertiary/aromatic N) is 1. The Kier molecular flexibility index (Phi) is 3.93. The smallest absolute Gasteiger partial charge is 0.323 e. The van der Waals surface area contributed by atoms with Crippen LogP contribution in [-0.2, 0) is 6.18 Å². The molecule has 90 valence electrons. The van der Waals surface area contributed by atoms with Gasteiger partial charge in [0.1, 0.15) is 0 Å². The van der Waals surface area contributed by atoms with Crippen LogP contribution in [0.1, 0.15) is 17.2 Å². The average Bonchev–Trinajstić information content (AvgIpc) is 2.15. The van der Waals surface area contributed by atoms with Gasteiger partial charge in [-0.2, -0.15) is 13.2 Å². The first-order chi connectivity index (χ1) is 7.30. The second kappa shape index (κ2) is 4.84. The Morgan fingerprint density at radius 2 is 1.94 bits per heavy atom. The van der Waals surface area contributed by atoms with E-state index in [9.17, 15) is 13.2 Å². The van der Waals surface area contributed by atoms with Gasteiger partial charge in [-0.15, -0.1) is 0 Å². The molecule has 0 aromatic heterocycles. The van der Waals surface area contributed by atoms with Gasteiger partial charge in [-0.25, -0.2) is 0 Å². The van der Waals surface area contributed by atoms with Crippen LogP contribution in [0.2, 0.25) is 0 Å². The fraction of sp³-hybridized carbons (Fsp3) is 0.455. The topological polar surface area (TPSA) is 29.3 Å². The van der Waals surface area contributed by atoms with Gasteiger partial charge in [-0.3, -0.25) is 0 Å². The summed E-state index contributed by atoms with van der Waals surface area (Å²) in [5.41, 5.74) is 5.65. The summed E-state index contributed by atoms with van der Waals surface area (Å²) in [6.07, 6.45) is -4.31. The molecule has 0 aliphatic carbocycles. The van der Waals surface area contributed by atoms with Crippen LogP contribution < -0.4 is 5.73 Å². The van der Waals surface area contributed by atoms with Crippen molar-refractivity contribution in [3.63, 3.8) is 0 Å². The standard InChI is InChI=1S/C11H15F3N2/c1-16(2)7-10(15)8-4-3-5-9(6-8)11(12,13)14/h3-6,10H,7,15H2,1-2H3/t10-/m1/s1. The molecule has 0 aliphatic heterocycles. The zero-order chi connectivity index (χ0) is 12.3. The first-order valence-corrected chi connectivity index (χ1v) is 4.88. The van der Waals surface area contributed by atoms with Crippen LogP contribution in [-0.4, -0.2) is 25.5 Å². The normalized spacial score (nSPS) is 14.2. The van der Waals surface area contributed by atoms with Crippen LogP contribution >= 0.6 is 0 Å². The van der Waals surface area contributed by atoms with E-state index in [1.165, 1.54) is 6.07 Å². The SMILES string of the molecule is CN(C)C[C@@H](N)c1cccc(C(F)(F)F)c1. The van der Waals surface area contributed by atoms with Crippen molar-refractivity contribution in [2.45, 2.75) is 12.2 Å². The summed E-state index contributed by atoms with van der Waals surface area (Å²) >= 11 is 0. The van der Waals surface area contributed by atoms with Crippen LogP contribution in [0.3, 0.4) is 0 Å². The zero-order valence-electron chi connectivity index (χ0n) is 9.25. The molecule has 0 saturated heterocycles. The lowest BCUT2D eigenvalue weighted by atomic mass is 10.0. The largest absolute Gasteiger partial charge is 0.416 e. The molecule has 2 nitrogen and oxygen atoms in total. The van der Waals surface area contributed by atoms with Crippen molar-refractivity contribution < 1.29 is 13.2 Å². The predicted octanol–water partition coefficient (Wildman–Crippen LogP) is 2.27. The molecule has 16 heavy (non-hydrogen) atoms. The van der Waals surface area contributed by atoms with Crippen molar-refractivity contribution in [2.24, 2.45) is 5.73 Å². The van der Waals surface area contributed by atoms with E-state index in [1.807, 2.05) is 19.0 Å². The van der Waals surface area contributed by atoms with Gasteiger partial charge in [0.15, 0.2) is 0 Å². The Bertz CT molecular complexity index is 347. The highest BCUT2D eigenvalue weighted by molar-refractivity contribution is 5.27. The highest BCUT2D eigenvalue weighted by Gasteiger charge is 2.30. The molecule has 1 aromatic rings. The quantitative estimate of drug-likeness (QED) is 0.866. The van der Waals surface area contributed by atoms with Crippen molar-refractivity contribution in [3.8, 4) is 0 Å². The number of nitrogens with two attached hydrogens (primary N) is 1. The molecular formula is C11H15F3N2. The number of halogens is 3. The highest BCUT2D eigenvalue weighted by Crippen LogP contribution is 2.30. The molecule has 0 amide bonds. The summed E-state index contributed by atoms with van der Waals surface area (Å²) in [6.45, 7) is 0.515. The van der Waals surface area contributed by atoms with Crippen molar-refractivity contribution in [1.82, 2.24) is 4.90 Å². The van der Waals surface area contributed by atoms with E-state index in [1.54, 1.807) is 6.07 Å². The van der Waals surface area contributed by atoms with Crippen LogP contribution in [0.4, 0.5) is 13.2 Å². The van der Waals surface area contributed by atoms with Gasteiger partial charge in [0.25, 0.3) is 0 Å². The fourth-order valence-electron chi connectivity index (χ4n) is 1.44. The third-order valence-corrected chi connectivity index (χ3v) is 2.20. The third kappa shape index (κ3) is 3.50. The molecule has 0 fully saturated rings. The van der Waals surface area contributed by atoms with Crippen molar-refractivity contribution in [3.05, 3.63) is 35.4 Å². The fourth-order valence-corrected chi connectivity index (χ4v) is 1.44. The van der Waals surface area contributed by atoms with Gasteiger partial charge in [0, 0.05) is 12.6 Å². The second-order valence-corrected chi connectivity index (χ2v) is 3.99. The van der Waals surface area contributed by atoms with Crippen molar-refractivity contribution in [1.29, 1.82) is 0 Å². The lowest BCUT2D eigenvalue weighted by Crippen LogP contribution is -2.26. The minimum absolute atomic E-state index is 0.405. The maximum atomic E-state index is 12.4. The molecule has 1 atom stereocenters. The van der Waals surface area contributed by atoms with E-state index in [4.69, 9.17) is 5.73 Å². The summed E-state index contributed by atoms with van der Waals surface area (Å²) in [5, 5.41) is 0.